The van der Waals surface area contributed by atoms with Gasteiger partial charge in [0, 0.05) is 61.9 Å². The summed E-state index contributed by atoms with van der Waals surface area (Å²) in [6.45, 7) is 3.78. The fraction of sp³-hybridized carbons (Fsp3) is 0.500. The molecule has 156 valence electrons. The molecule has 3 saturated heterocycles. The van der Waals surface area contributed by atoms with Gasteiger partial charge in [0.1, 0.15) is 5.02 Å². The van der Waals surface area contributed by atoms with Crippen LogP contribution in [-0.2, 0) is 12.8 Å². The summed E-state index contributed by atoms with van der Waals surface area (Å²) in [5.41, 5.74) is 3.45. The van der Waals surface area contributed by atoms with E-state index < -0.39 is 0 Å². The molecule has 2 bridgehead atoms. The van der Waals surface area contributed by atoms with E-state index in [0.29, 0.717) is 23.7 Å². The van der Waals surface area contributed by atoms with Gasteiger partial charge in [0.05, 0.1) is 18.5 Å². The number of fused-ring (bicyclic) bond motifs is 5. The highest BCUT2D eigenvalue weighted by Crippen LogP contribution is 2.37. The Morgan fingerprint density at radius 2 is 2.07 bits per heavy atom. The van der Waals surface area contributed by atoms with Crippen molar-refractivity contribution in [3.05, 3.63) is 28.5 Å². The first kappa shape index (κ1) is 19.4. The topological polar surface area (TPSA) is 63.5 Å². The Balaban J connectivity index is 1.55. The van der Waals surface area contributed by atoms with Crippen LogP contribution in [0.25, 0.3) is 11.3 Å². The monoisotopic (exact) mass is 425 g/mol. The molecule has 0 radical (unpaired) electrons. The number of hydrogen-bond acceptors (Lipinski definition) is 5. The van der Waals surface area contributed by atoms with Crippen LogP contribution in [0.15, 0.2) is 12.3 Å². The summed E-state index contributed by atoms with van der Waals surface area (Å²) in [5, 5.41) is 5.17. The van der Waals surface area contributed by atoms with Crippen LogP contribution in [0.3, 0.4) is 0 Å². The van der Waals surface area contributed by atoms with Crippen molar-refractivity contribution in [3.8, 4) is 29.5 Å². The van der Waals surface area contributed by atoms with E-state index in [2.05, 4.69) is 15.8 Å². The first-order chi connectivity index (χ1) is 14.6. The molecule has 2 aromatic heterocycles. The van der Waals surface area contributed by atoms with Crippen molar-refractivity contribution >= 4 is 17.6 Å². The van der Waals surface area contributed by atoms with Crippen molar-refractivity contribution in [2.45, 2.75) is 31.7 Å². The summed E-state index contributed by atoms with van der Waals surface area (Å²) < 4.78 is 6.76. The van der Waals surface area contributed by atoms with Crippen molar-refractivity contribution < 1.29 is 9.53 Å². The van der Waals surface area contributed by atoms with Gasteiger partial charge in [-0.05, 0) is 25.3 Å². The maximum Gasteiger partial charge on any atom is 0.345 e. The number of amides is 1. The molecule has 1 aliphatic carbocycles. The van der Waals surface area contributed by atoms with Crippen LogP contribution in [0.1, 0.15) is 24.1 Å². The summed E-state index contributed by atoms with van der Waals surface area (Å²) in [5.74, 6) is 3.29. The highest BCUT2D eigenvalue weighted by Gasteiger charge is 2.37. The zero-order chi connectivity index (χ0) is 20.8. The van der Waals surface area contributed by atoms with E-state index >= 15 is 0 Å². The molecule has 1 atom stereocenters. The van der Waals surface area contributed by atoms with Gasteiger partial charge in [-0.2, -0.15) is 9.78 Å². The Kier molecular flexibility index (Phi) is 4.92. The predicted octanol–water partition coefficient (Wildman–Crippen LogP) is 2.70. The summed E-state index contributed by atoms with van der Waals surface area (Å²) >= 11 is 6.30. The first-order valence-electron chi connectivity index (χ1n) is 10.4. The third-order valence-corrected chi connectivity index (χ3v) is 6.84. The van der Waals surface area contributed by atoms with Gasteiger partial charge in [-0.1, -0.05) is 11.6 Å². The van der Waals surface area contributed by atoms with Crippen molar-refractivity contribution in [2.75, 3.05) is 33.3 Å². The molecule has 3 fully saturated rings. The van der Waals surface area contributed by atoms with Crippen molar-refractivity contribution in [1.82, 2.24) is 24.6 Å². The zero-order valence-corrected chi connectivity index (χ0v) is 17.7. The van der Waals surface area contributed by atoms with Crippen molar-refractivity contribution in [2.24, 2.45) is 5.92 Å². The smallest absolute Gasteiger partial charge is 0.345 e. The minimum absolute atomic E-state index is 0.0449. The molecule has 0 saturated carbocycles. The van der Waals surface area contributed by atoms with Gasteiger partial charge in [0.25, 0.3) is 0 Å². The average molecular weight is 426 g/mol. The molecule has 30 heavy (non-hydrogen) atoms. The zero-order valence-electron chi connectivity index (χ0n) is 17.0. The molecule has 6 rings (SSSR count). The largest absolute Gasteiger partial charge is 0.480 e. The number of rotatable bonds is 2. The molecule has 4 aliphatic rings. The lowest BCUT2D eigenvalue weighted by atomic mass is 10.1. The number of carbonyl (C=O) groups excluding carboxylic acids is 1. The highest BCUT2D eigenvalue weighted by molar-refractivity contribution is 6.32. The van der Waals surface area contributed by atoms with Crippen LogP contribution in [-0.4, -0.2) is 69.9 Å². The molecule has 5 heterocycles. The number of terminal acetylenes is 1. The average Bonchev–Trinajstić information content (AvgIpc) is 3.19. The number of ether oxygens (including phenoxy) is 1. The van der Waals surface area contributed by atoms with Gasteiger partial charge in [0.2, 0.25) is 5.88 Å². The molecule has 0 aromatic carbocycles. The van der Waals surface area contributed by atoms with E-state index in [1.54, 1.807) is 16.9 Å². The van der Waals surface area contributed by atoms with E-state index in [9.17, 15) is 4.79 Å². The second kappa shape index (κ2) is 7.60. The van der Waals surface area contributed by atoms with Gasteiger partial charge < -0.3 is 14.5 Å². The second-order valence-electron chi connectivity index (χ2n) is 8.22. The maximum absolute atomic E-state index is 13.6. The second-order valence-corrected chi connectivity index (χ2v) is 8.63. The lowest BCUT2D eigenvalue weighted by molar-refractivity contribution is 0.168. The number of hydrogen-bond donors (Lipinski definition) is 0. The van der Waals surface area contributed by atoms with Gasteiger partial charge in [-0.3, -0.25) is 0 Å². The van der Waals surface area contributed by atoms with Crippen LogP contribution >= 0.6 is 11.6 Å². The van der Waals surface area contributed by atoms with Crippen LogP contribution in [0.4, 0.5) is 4.79 Å². The molecule has 0 spiro atoms. The Bertz CT molecular complexity index is 1030. The summed E-state index contributed by atoms with van der Waals surface area (Å²) in [6, 6.07) is 2.02. The van der Waals surface area contributed by atoms with Gasteiger partial charge >= 0.3 is 6.03 Å². The lowest BCUT2D eigenvalue weighted by Gasteiger charge is -2.31. The molecule has 8 heteroatoms. The van der Waals surface area contributed by atoms with Crippen molar-refractivity contribution in [3.63, 3.8) is 0 Å². The normalized spacial score (nSPS) is 25.0. The Morgan fingerprint density at radius 3 is 2.77 bits per heavy atom. The number of pyridine rings is 1. The number of halogens is 1. The van der Waals surface area contributed by atoms with Crippen LogP contribution in [0.2, 0.25) is 5.02 Å². The van der Waals surface area contributed by atoms with Crippen LogP contribution in [0.5, 0.6) is 5.88 Å². The van der Waals surface area contributed by atoms with Gasteiger partial charge in [-0.15, -0.1) is 12.3 Å². The Morgan fingerprint density at radius 1 is 1.27 bits per heavy atom. The minimum Gasteiger partial charge on any atom is -0.480 e. The molecule has 0 unspecified atom stereocenters. The third kappa shape index (κ3) is 3.15. The molecule has 2 aromatic rings. The summed E-state index contributed by atoms with van der Waals surface area (Å²) in [4.78, 5) is 22.3. The Labute approximate surface area is 181 Å². The first-order valence-corrected chi connectivity index (χ1v) is 10.8. The molecular formula is C22H24ClN5O2. The molecule has 3 aliphatic heterocycles. The van der Waals surface area contributed by atoms with E-state index in [1.165, 1.54) is 7.11 Å². The minimum atomic E-state index is -0.0449. The molecule has 7 nitrogen and oxygen atoms in total. The predicted molar refractivity (Wildman–Crippen MR) is 114 cm³/mol. The number of aromatic nitrogens is 3. The number of piperidine rings is 1. The number of methoxy groups -OCH3 is 1. The summed E-state index contributed by atoms with van der Waals surface area (Å²) in [7, 11) is 1.53. The van der Waals surface area contributed by atoms with Crippen LogP contribution in [0, 0.1) is 18.3 Å². The van der Waals surface area contributed by atoms with E-state index in [4.69, 9.17) is 27.9 Å². The molecular weight excluding hydrogens is 402 g/mol. The number of carbonyl (C=O) groups is 1. The number of nitrogens with zero attached hydrogens (tertiary/aromatic N) is 5. The van der Waals surface area contributed by atoms with E-state index in [-0.39, 0.29) is 18.0 Å². The standard InChI is InChI=1S/C22H24ClN5O2/c1-3-14-10-17-19(11-14)28(22(29)27-9-8-26-6-4-16(27)5-7-26)25-20(17)15-12-18(23)21(30-2)24-13-15/h1,12-14,16H,4-11H2,2H3/t14-/m0/s1. The third-order valence-electron chi connectivity index (χ3n) is 6.57. The van der Waals surface area contributed by atoms with Crippen molar-refractivity contribution in [1.29, 1.82) is 0 Å². The van der Waals surface area contributed by atoms with E-state index in [0.717, 1.165) is 61.5 Å². The highest BCUT2D eigenvalue weighted by atomic mass is 35.5. The van der Waals surface area contributed by atoms with E-state index in [1.807, 2.05) is 4.90 Å². The fourth-order valence-corrected chi connectivity index (χ4v) is 5.18. The quantitative estimate of drug-likeness (QED) is 0.692. The van der Waals surface area contributed by atoms with Gasteiger partial charge in [-0.25, -0.2) is 9.78 Å². The van der Waals surface area contributed by atoms with Crippen LogP contribution < -0.4 is 4.74 Å². The lowest BCUT2D eigenvalue weighted by Crippen LogP contribution is -2.44. The molecule has 1 amide bonds. The SMILES string of the molecule is C#C[C@H]1Cc2c(-c3cnc(OC)c(Cl)c3)nn(C(=O)N3CCN4CCC3CC4)c2C1. The van der Waals surface area contributed by atoms with Gasteiger partial charge in [0.15, 0.2) is 0 Å². The summed E-state index contributed by atoms with van der Waals surface area (Å²) in [6.07, 6.45) is 10.8. The fourth-order valence-electron chi connectivity index (χ4n) is 4.93. The maximum atomic E-state index is 13.6. The Hall–Kier alpha value is -2.56. The molecule has 0 N–H and O–H groups in total.